The van der Waals surface area contributed by atoms with Crippen LogP contribution in [0.3, 0.4) is 0 Å². The average Bonchev–Trinajstić information content (AvgIpc) is 3.04. The zero-order valence-corrected chi connectivity index (χ0v) is 11.8. The normalized spacial score (nSPS) is 14.8. The van der Waals surface area contributed by atoms with Gasteiger partial charge in [0.25, 0.3) is 11.6 Å². The first-order valence-electron chi connectivity index (χ1n) is 6.96. The first-order valence-corrected chi connectivity index (χ1v) is 6.96. The molecule has 0 unspecified atom stereocenters. The highest BCUT2D eigenvalue weighted by molar-refractivity contribution is 5.92. The number of piperazine rings is 1. The van der Waals surface area contributed by atoms with Crippen LogP contribution >= 0.6 is 0 Å². The standard InChI is InChI=1S/C14H15N5O3/c20-14(17-9-6-15-7-10-17)11-5-8-18(16-11)12-3-1-2-4-13(12)19(21)22/h1-5,8,15H,6-7,9-10H2. The first kappa shape index (κ1) is 14.2. The maximum atomic E-state index is 12.4. The van der Waals surface area contributed by atoms with Gasteiger partial charge in [-0.3, -0.25) is 14.9 Å². The number of rotatable bonds is 3. The minimum Gasteiger partial charge on any atom is -0.335 e. The van der Waals surface area contributed by atoms with Gasteiger partial charge < -0.3 is 10.2 Å². The maximum absolute atomic E-state index is 12.4. The Morgan fingerprint density at radius 1 is 1.23 bits per heavy atom. The first-order chi connectivity index (χ1) is 10.7. The molecular formula is C14H15N5O3. The lowest BCUT2D eigenvalue weighted by Crippen LogP contribution is -2.46. The summed E-state index contributed by atoms with van der Waals surface area (Å²) >= 11 is 0. The topological polar surface area (TPSA) is 93.3 Å². The van der Waals surface area contributed by atoms with E-state index >= 15 is 0 Å². The van der Waals surface area contributed by atoms with Crippen LogP contribution in [0, 0.1) is 10.1 Å². The van der Waals surface area contributed by atoms with Crippen molar-refractivity contribution < 1.29 is 9.72 Å². The molecule has 1 amide bonds. The number of carbonyl (C=O) groups is 1. The Kier molecular flexibility index (Phi) is 3.84. The van der Waals surface area contributed by atoms with Crippen LogP contribution in [0.25, 0.3) is 5.69 Å². The van der Waals surface area contributed by atoms with Gasteiger partial charge in [0.1, 0.15) is 5.69 Å². The Morgan fingerprint density at radius 3 is 2.68 bits per heavy atom. The summed E-state index contributed by atoms with van der Waals surface area (Å²) in [5.74, 6) is -0.154. The van der Waals surface area contributed by atoms with Crippen LogP contribution in [0.4, 0.5) is 5.69 Å². The van der Waals surface area contributed by atoms with Crippen LogP contribution in [-0.2, 0) is 0 Å². The minimum absolute atomic E-state index is 0.0493. The summed E-state index contributed by atoms with van der Waals surface area (Å²) in [6, 6.07) is 7.89. The molecular weight excluding hydrogens is 286 g/mol. The molecule has 2 heterocycles. The van der Waals surface area contributed by atoms with E-state index in [1.54, 1.807) is 35.4 Å². The third-order valence-electron chi connectivity index (χ3n) is 3.54. The third-order valence-corrected chi connectivity index (χ3v) is 3.54. The van der Waals surface area contributed by atoms with Crippen molar-refractivity contribution in [1.29, 1.82) is 0 Å². The van der Waals surface area contributed by atoms with E-state index < -0.39 is 4.92 Å². The summed E-state index contributed by atoms with van der Waals surface area (Å²) in [7, 11) is 0. The molecule has 114 valence electrons. The van der Waals surface area contributed by atoms with Gasteiger partial charge >= 0.3 is 0 Å². The van der Waals surface area contributed by atoms with Gasteiger partial charge in [-0.05, 0) is 12.1 Å². The van der Waals surface area contributed by atoms with Crippen LogP contribution in [0.2, 0.25) is 0 Å². The molecule has 3 rings (SSSR count). The Bertz CT molecular complexity index is 706. The van der Waals surface area contributed by atoms with Gasteiger partial charge in [0.15, 0.2) is 5.69 Å². The second-order valence-corrected chi connectivity index (χ2v) is 4.93. The Morgan fingerprint density at radius 2 is 1.95 bits per heavy atom. The SMILES string of the molecule is O=C(c1ccn(-c2ccccc2[N+](=O)[O-])n1)N1CCNCC1. The van der Waals surface area contributed by atoms with E-state index in [0.717, 1.165) is 13.1 Å². The number of benzene rings is 1. The van der Waals surface area contributed by atoms with Crippen LogP contribution in [0.5, 0.6) is 0 Å². The molecule has 1 N–H and O–H groups in total. The molecule has 1 aliphatic rings. The van der Waals surface area contributed by atoms with Crippen molar-refractivity contribution in [3.63, 3.8) is 0 Å². The molecule has 0 bridgehead atoms. The molecule has 1 fully saturated rings. The molecule has 0 saturated carbocycles. The predicted octanol–water partition coefficient (Wildman–Crippen LogP) is 0.826. The van der Waals surface area contributed by atoms with Gasteiger partial charge in [0.2, 0.25) is 0 Å². The molecule has 1 aromatic heterocycles. The second kappa shape index (κ2) is 5.94. The molecule has 1 saturated heterocycles. The summed E-state index contributed by atoms with van der Waals surface area (Å²) in [6.07, 6.45) is 1.57. The lowest BCUT2D eigenvalue weighted by Gasteiger charge is -2.26. The monoisotopic (exact) mass is 301 g/mol. The van der Waals surface area contributed by atoms with Crippen LogP contribution < -0.4 is 5.32 Å². The number of aromatic nitrogens is 2. The molecule has 2 aromatic rings. The number of hydrogen-bond donors (Lipinski definition) is 1. The van der Waals surface area contributed by atoms with Crippen LogP contribution in [-0.4, -0.2) is 51.7 Å². The Balaban J connectivity index is 1.88. The molecule has 0 atom stereocenters. The van der Waals surface area contributed by atoms with E-state index in [9.17, 15) is 14.9 Å². The van der Waals surface area contributed by atoms with E-state index in [-0.39, 0.29) is 11.6 Å². The van der Waals surface area contributed by atoms with E-state index in [2.05, 4.69) is 10.4 Å². The molecule has 8 heteroatoms. The highest BCUT2D eigenvalue weighted by atomic mass is 16.6. The molecule has 1 aliphatic heterocycles. The fourth-order valence-corrected chi connectivity index (χ4v) is 2.41. The summed E-state index contributed by atoms with van der Waals surface area (Å²) < 4.78 is 1.37. The van der Waals surface area contributed by atoms with E-state index in [0.29, 0.717) is 24.5 Å². The lowest BCUT2D eigenvalue weighted by molar-refractivity contribution is -0.384. The number of nitrogens with zero attached hydrogens (tertiary/aromatic N) is 4. The lowest BCUT2D eigenvalue weighted by atomic mass is 10.3. The summed E-state index contributed by atoms with van der Waals surface area (Å²) in [5.41, 5.74) is 0.582. The third kappa shape index (κ3) is 2.68. The number of nitro groups is 1. The maximum Gasteiger partial charge on any atom is 0.294 e. The van der Waals surface area contributed by atoms with Gasteiger partial charge in [-0.25, -0.2) is 4.68 Å². The van der Waals surface area contributed by atoms with Gasteiger partial charge in [0.05, 0.1) is 4.92 Å². The van der Waals surface area contributed by atoms with E-state index in [4.69, 9.17) is 0 Å². The average molecular weight is 301 g/mol. The van der Waals surface area contributed by atoms with Crippen molar-refractivity contribution in [3.05, 3.63) is 52.3 Å². The fourth-order valence-electron chi connectivity index (χ4n) is 2.41. The van der Waals surface area contributed by atoms with Gasteiger partial charge in [-0.15, -0.1) is 0 Å². The smallest absolute Gasteiger partial charge is 0.294 e. The minimum atomic E-state index is -0.463. The van der Waals surface area contributed by atoms with E-state index in [1.807, 2.05) is 0 Å². The number of carbonyl (C=O) groups excluding carboxylic acids is 1. The number of hydrogen-bond acceptors (Lipinski definition) is 5. The molecule has 0 spiro atoms. The van der Waals surface area contributed by atoms with Crippen molar-refractivity contribution in [2.75, 3.05) is 26.2 Å². The van der Waals surface area contributed by atoms with Gasteiger partial charge in [0, 0.05) is 38.4 Å². The predicted molar refractivity (Wildman–Crippen MR) is 79.0 cm³/mol. The van der Waals surface area contributed by atoms with Crippen molar-refractivity contribution in [2.24, 2.45) is 0 Å². The van der Waals surface area contributed by atoms with Crippen molar-refractivity contribution >= 4 is 11.6 Å². The van der Waals surface area contributed by atoms with Crippen LogP contribution in [0.1, 0.15) is 10.5 Å². The number of nitro benzene ring substituents is 1. The molecule has 1 aromatic carbocycles. The number of nitrogens with one attached hydrogen (secondary N) is 1. The summed E-state index contributed by atoms with van der Waals surface area (Å²) in [5, 5.41) is 18.4. The quantitative estimate of drug-likeness (QED) is 0.669. The zero-order chi connectivity index (χ0) is 15.5. The highest BCUT2D eigenvalue weighted by Gasteiger charge is 2.21. The van der Waals surface area contributed by atoms with Crippen molar-refractivity contribution in [2.45, 2.75) is 0 Å². The van der Waals surface area contributed by atoms with Crippen molar-refractivity contribution in [1.82, 2.24) is 20.0 Å². The number of amides is 1. The zero-order valence-electron chi connectivity index (χ0n) is 11.8. The van der Waals surface area contributed by atoms with Crippen molar-refractivity contribution in [3.8, 4) is 5.69 Å². The largest absolute Gasteiger partial charge is 0.335 e. The number of para-hydroxylation sites is 2. The van der Waals surface area contributed by atoms with Crippen LogP contribution in [0.15, 0.2) is 36.5 Å². The van der Waals surface area contributed by atoms with Gasteiger partial charge in [-0.1, -0.05) is 12.1 Å². The van der Waals surface area contributed by atoms with Gasteiger partial charge in [-0.2, -0.15) is 5.10 Å². The second-order valence-electron chi connectivity index (χ2n) is 4.93. The molecule has 22 heavy (non-hydrogen) atoms. The summed E-state index contributed by atoms with van der Waals surface area (Å²) in [6.45, 7) is 2.79. The van der Waals surface area contributed by atoms with E-state index in [1.165, 1.54) is 10.7 Å². The molecule has 0 radical (unpaired) electrons. The molecule has 8 nitrogen and oxygen atoms in total. The Hall–Kier alpha value is -2.74. The Labute approximate surface area is 126 Å². The molecule has 0 aliphatic carbocycles. The fraction of sp³-hybridized carbons (Fsp3) is 0.286. The highest BCUT2D eigenvalue weighted by Crippen LogP contribution is 2.21. The summed E-state index contributed by atoms with van der Waals surface area (Å²) in [4.78, 5) is 24.7.